The van der Waals surface area contributed by atoms with Crippen molar-refractivity contribution in [2.45, 2.75) is 18.6 Å². The Balaban J connectivity index is 2.13. The third-order valence-electron chi connectivity index (χ3n) is 2.93. The van der Waals surface area contributed by atoms with E-state index in [9.17, 15) is 13.2 Å². The van der Waals surface area contributed by atoms with Crippen molar-refractivity contribution in [2.75, 3.05) is 6.54 Å². The van der Waals surface area contributed by atoms with Gasteiger partial charge in [-0.1, -0.05) is 30.3 Å². The molecule has 106 valence electrons. The predicted molar refractivity (Wildman–Crippen MR) is 71.2 cm³/mol. The average molecular weight is 280 g/mol. The summed E-state index contributed by atoms with van der Waals surface area (Å²) in [7, 11) is 0. The van der Waals surface area contributed by atoms with Gasteiger partial charge in [-0.25, -0.2) is 0 Å². The maximum atomic E-state index is 12.3. The number of alkyl halides is 3. The van der Waals surface area contributed by atoms with Crippen LogP contribution in [0.2, 0.25) is 0 Å². The van der Waals surface area contributed by atoms with Crippen molar-refractivity contribution >= 4 is 0 Å². The molecule has 0 aliphatic heterocycles. The molecule has 0 bridgehead atoms. The Kier molecular flexibility index (Phi) is 4.74. The molecule has 0 radical (unpaired) electrons. The summed E-state index contributed by atoms with van der Waals surface area (Å²) < 4.78 is 36.8. The van der Waals surface area contributed by atoms with Crippen LogP contribution < -0.4 is 5.32 Å². The highest BCUT2D eigenvalue weighted by atomic mass is 19.4. The molecule has 20 heavy (non-hydrogen) atoms. The van der Waals surface area contributed by atoms with E-state index in [0.29, 0.717) is 0 Å². The molecule has 2 nitrogen and oxygen atoms in total. The quantitative estimate of drug-likeness (QED) is 0.903. The third kappa shape index (κ3) is 4.35. The van der Waals surface area contributed by atoms with Crippen LogP contribution in [0.25, 0.3) is 0 Å². The van der Waals surface area contributed by atoms with Crippen LogP contribution in [-0.4, -0.2) is 17.7 Å². The fourth-order valence-corrected chi connectivity index (χ4v) is 1.99. The topological polar surface area (TPSA) is 24.9 Å². The first-order valence-corrected chi connectivity index (χ1v) is 6.31. The minimum absolute atomic E-state index is 0.120. The molecule has 5 heteroatoms. The van der Waals surface area contributed by atoms with Gasteiger partial charge in [0.2, 0.25) is 0 Å². The Morgan fingerprint density at radius 1 is 0.950 bits per heavy atom. The maximum Gasteiger partial charge on any atom is 0.390 e. The van der Waals surface area contributed by atoms with Gasteiger partial charge in [0.15, 0.2) is 0 Å². The molecule has 2 rings (SSSR count). The van der Waals surface area contributed by atoms with E-state index in [0.717, 1.165) is 11.1 Å². The number of nitrogens with zero attached hydrogens (tertiary/aromatic N) is 1. The normalized spacial score (nSPS) is 13.2. The zero-order chi connectivity index (χ0) is 14.4. The fourth-order valence-electron chi connectivity index (χ4n) is 1.99. The van der Waals surface area contributed by atoms with E-state index in [-0.39, 0.29) is 12.6 Å². The number of halogens is 3. The summed E-state index contributed by atoms with van der Waals surface area (Å²) in [6.45, 7) is -0.120. The van der Waals surface area contributed by atoms with Crippen LogP contribution in [-0.2, 0) is 0 Å². The first kappa shape index (κ1) is 14.5. The Bertz CT molecular complexity index is 472. The molecule has 0 fully saturated rings. The molecular weight excluding hydrogens is 265 g/mol. The summed E-state index contributed by atoms with van der Waals surface area (Å²) in [5, 5.41) is 2.96. The van der Waals surface area contributed by atoms with Gasteiger partial charge in [-0.3, -0.25) is 4.98 Å². The molecule has 1 unspecified atom stereocenters. The molecule has 0 spiro atoms. The number of aromatic nitrogens is 1. The molecule has 1 aromatic heterocycles. The Morgan fingerprint density at radius 2 is 1.55 bits per heavy atom. The van der Waals surface area contributed by atoms with E-state index in [4.69, 9.17) is 0 Å². The van der Waals surface area contributed by atoms with Gasteiger partial charge in [-0.2, -0.15) is 13.2 Å². The minimum atomic E-state index is -4.15. The van der Waals surface area contributed by atoms with Gasteiger partial charge >= 0.3 is 6.18 Å². The molecule has 0 aliphatic carbocycles. The van der Waals surface area contributed by atoms with Gasteiger partial charge in [0.25, 0.3) is 0 Å². The second-order valence-corrected chi connectivity index (χ2v) is 4.44. The lowest BCUT2D eigenvalue weighted by molar-refractivity contribution is -0.133. The second kappa shape index (κ2) is 6.52. The van der Waals surface area contributed by atoms with Gasteiger partial charge in [-0.05, 0) is 23.3 Å². The van der Waals surface area contributed by atoms with Crippen molar-refractivity contribution in [1.29, 1.82) is 0 Å². The van der Waals surface area contributed by atoms with Gasteiger partial charge in [0.1, 0.15) is 0 Å². The van der Waals surface area contributed by atoms with Crippen LogP contribution in [0.4, 0.5) is 13.2 Å². The summed E-state index contributed by atoms with van der Waals surface area (Å²) in [5.41, 5.74) is 1.83. The number of hydrogen-bond donors (Lipinski definition) is 1. The zero-order valence-electron chi connectivity index (χ0n) is 10.8. The molecule has 2 aromatic rings. The van der Waals surface area contributed by atoms with E-state index < -0.39 is 12.6 Å². The van der Waals surface area contributed by atoms with E-state index >= 15 is 0 Å². The molecule has 0 saturated carbocycles. The van der Waals surface area contributed by atoms with Crippen molar-refractivity contribution < 1.29 is 13.2 Å². The molecule has 0 amide bonds. The van der Waals surface area contributed by atoms with Crippen LogP contribution in [0.5, 0.6) is 0 Å². The minimum Gasteiger partial charge on any atom is -0.306 e. The molecule has 0 saturated heterocycles. The first-order chi connectivity index (χ1) is 9.56. The SMILES string of the molecule is FC(F)(F)CCNC(c1ccccc1)c1ccncc1. The number of benzene rings is 1. The predicted octanol–water partition coefficient (Wildman–Crippen LogP) is 3.71. The Labute approximate surface area is 115 Å². The molecule has 1 N–H and O–H groups in total. The Hall–Kier alpha value is -1.88. The highest BCUT2D eigenvalue weighted by Crippen LogP contribution is 2.23. The lowest BCUT2D eigenvalue weighted by atomic mass is 9.99. The number of rotatable bonds is 5. The second-order valence-electron chi connectivity index (χ2n) is 4.44. The van der Waals surface area contributed by atoms with Gasteiger partial charge in [0.05, 0.1) is 12.5 Å². The molecule has 1 aromatic carbocycles. The third-order valence-corrected chi connectivity index (χ3v) is 2.93. The lowest BCUT2D eigenvalue weighted by Crippen LogP contribution is -2.27. The summed E-state index contributed by atoms with van der Waals surface area (Å²) >= 11 is 0. The van der Waals surface area contributed by atoms with Crippen LogP contribution in [0, 0.1) is 0 Å². The smallest absolute Gasteiger partial charge is 0.306 e. The van der Waals surface area contributed by atoms with Gasteiger partial charge in [0, 0.05) is 18.9 Å². The van der Waals surface area contributed by atoms with Gasteiger partial charge < -0.3 is 5.32 Å². The average Bonchev–Trinajstić information content (AvgIpc) is 2.44. The van der Waals surface area contributed by atoms with Crippen LogP contribution in [0.1, 0.15) is 23.6 Å². The largest absolute Gasteiger partial charge is 0.390 e. The molecular formula is C15H15F3N2. The number of pyridine rings is 1. The summed E-state index contributed by atoms with van der Waals surface area (Å²) in [5.74, 6) is 0. The number of nitrogens with one attached hydrogen (secondary N) is 1. The van der Waals surface area contributed by atoms with Crippen molar-refractivity contribution in [2.24, 2.45) is 0 Å². The van der Waals surface area contributed by atoms with E-state index in [1.54, 1.807) is 24.5 Å². The highest BCUT2D eigenvalue weighted by molar-refractivity contribution is 5.30. The number of hydrogen-bond acceptors (Lipinski definition) is 2. The lowest BCUT2D eigenvalue weighted by Gasteiger charge is -2.20. The van der Waals surface area contributed by atoms with Crippen LogP contribution in [0.3, 0.4) is 0 Å². The molecule has 0 aliphatic rings. The highest BCUT2D eigenvalue weighted by Gasteiger charge is 2.27. The zero-order valence-corrected chi connectivity index (χ0v) is 10.8. The Morgan fingerprint density at radius 3 is 2.15 bits per heavy atom. The standard InChI is InChI=1S/C15H15F3N2/c16-15(17,18)8-11-20-14(12-4-2-1-3-5-12)13-6-9-19-10-7-13/h1-7,9-10,14,20H,8,11H2. The van der Waals surface area contributed by atoms with Crippen molar-refractivity contribution in [3.63, 3.8) is 0 Å². The van der Waals surface area contributed by atoms with Crippen molar-refractivity contribution in [1.82, 2.24) is 10.3 Å². The van der Waals surface area contributed by atoms with E-state index in [2.05, 4.69) is 10.3 Å². The maximum absolute atomic E-state index is 12.3. The van der Waals surface area contributed by atoms with Gasteiger partial charge in [-0.15, -0.1) is 0 Å². The molecule has 1 atom stereocenters. The van der Waals surface area contributed by atoms with E-state index in [1.807, 2.05) is 30.3 Å². The monoisotopic (exact) mass is 280 g/mol. The van der Waals surface area contributed by atoms with Crippen molar-refractivity contribution in [3.8, 4) is 0 Å². The first-order valence-electron chi connectivity index (χ1n) is 6.31. The van der Waals surface area contributed by atoms with Crippen LogP contribution >= 0.6 is 0 Å². The summed E-state index contributed by atoms with van der Waals surface area (Å²) in [6, 6.07) is 12.8. The van der Waals surface area contributed by atoms with Crippen molar-refractivity contribution in [3.05, 3.63) is 66.0 Å². The summed E-state index contributed by atoms with van der Waals surface area (Å²) in [4.78, 5) is 3.93. The van der Waals surface area contributed by atoms with E-state index in [1.165, 1.54) is 0 Å². The molecule has 1 heterocycles. The van der Waals surface area contributed by atoms with Crippen LogP contribution in [0.15, 0.2) is 54.9 Å². The fraction of sp³-hybridized carbons (Fsp3) is 0.267. The summed E-state index contributed by atoms with van der Waals surface area (Å²) in [6.07, 6.45) is -1.72.